The summed E-state index contributed by atoms with van der Waals surface area (Å²) in [6.07, 6.45) is 7.16. The summed E-state index contributed by atoms with van der Waals surface area (Å²) in [6.45, 7) is 3.31. The van der Waals surface area contributed by atoms with Crippen LogP contribution in [0, 0.1) is 5.92 Å². The number of carbonyl (C=O) groups is 3. The van der Waals surface area contributed by atoms with E-state index in [1.165, 1.54) is 32.1 Å². The zero-order valence-electron chi connectivity index (χ0n) is 17.3. The molecule has 3 N–H and O–H groups in total. The van der Waals surface area contributed by atoms with Crippen molar-refractivity contribution in [1.29, 1.82) is 0 Å². The van der Waals surface area contributed by atoms with E-state index >= 15 is 0 Å². The van der Waals surface area contributed by atoms with Crippen molar-refractivity contribution in [2.75, 3.05) is 13.1 Å². The molecule has 3 aliphatic heterocycles. The number of imide groups is 1. The fraction of sp³-hybridized carbons (Fsp3) is 0.609. The highest BCUT2D eigenvalue weighted by Crippen LogP contribution is 2.40. The number of benzene rings is 1. The Hall–Kier alpha value is -2.25. The van der Waals surface area contributed by atoms with Crippen LogP contribution >= 0.6 is 0 Å². The standard InChI is InChI=1S/C23H30N4O3/c28-20-5-4-19(21(29)26-20)27-14-17-3-2-15(10-18(17)22(27)30)12-24-13-16-6-9-25-23(11-16)7-1-8-23/h2-3,10,16,19,24-25H,1,4-9,11-14H2,(H,26,28,29). The molecule has 3 heterocycles. The summed E-state index contributed by atoms with van der Waals surface area (Å²) < 4.78 is 0. The second-order valence-electron chi connectivity index (χ2n) is 9.44. The van der Waals surface area contributed by atoms with Gasteiger partial charge < -0.3 is 15.5 Å². The Morgan fingerprint density at radius 2 is 2.03 bits per heavy atom. The Balaban J connectivity index is 1.18. The number of fused-ring (bicyclic) bond motifs is 1. The summed E-state index contributed by atoms with van der Waals surface area (Å²) in [4.78, 5) is 38.1. The van der Waals surface area contributed by atoms with E-state index in [1.54, 1.807) is 4.90 Å². The van der Waals surface area contributed by atoms with Crippen LogP contribution in [0.4, 0.5) is 0 Å². The smallest absolute Gasteiger partial charge is 0.255 e. The molecule has 7 heteroatoms. The van der Waals surface area contributed by atoms with Gasteiger partial charge in [-0.1, -0.05) is 12.1 Å². The molecule has 7 nitrogen and oxygen atoms in total. The van der Waals surface area contributed by atoms with E-state index in [-0.39, 0.29) is 24.1 Å². The summed E-state index contributed by atoms with van der Waals surface area (Å²) in [5.41, 5.74) is 3.16. The average Bonchev–Trinajstić information content (AvgIpc) is 3.03. The van der Waals surface area contributed by atoms with Gasteiger partial charge in [0.1, 0.15) is 6.04 Å². The highest BCUT2D eigenvalue weighted by Gasteiger charge is 2.41. The SMILES string of the molecule is O=C1CCC(N2Cc3ccc(CNCC4CCNC5(CCC5)C4)cc3C2=O)C(=O)N1. The summed E-state index contributed by atoms with van der Waals surface area (Å²) in [5, 5.41) is 9.67. The molecule has 5 rings (SSSR count). The maximum atomic E-state index is 12.9. The number of hydrogen-bond acceptors (Lipinski definition) is 5. The van der Waals surface area contributed by atoms with E-state index in [0.717, 1.165) is 30.8 Å². The fourth-order valence-electron chi connectivity index (χ4n) is 5.56. The molecule has 1 aromatic carbocycles. The number of hydrogen-bond donors (Lipinski definition) is 3. The van der Waals surface area contributed by atoms with Gasteiger partial charge in [0, 0.05) is 30.6 Å². The third kappa shape index (κ3) is 3.65. The normalized spacial score (nSPS) is 27.7. The lowest BCUT2D eigenvalue weighted by Crippen LogP contribution is -2.56. The van der Waals surface area contributed by atoms with Gasteiger partial charge >= 0.3 is 0 Å². The number of nitrogens with one attached hydrogen (secondary N) is 3. The van der Waals surface area contributed by atoms with Gasteiger partial charge in [-0.15, -0.1) is 0 Å². The van der Waals surface area contributed by atoms with Crippen LogP contribution in [0.2, 0.25) is 0 Å². The minimum absolute atomic E-state index is 0.105. The average molecular weight is 411 g/mol. The molecule has 1 aliphatic carbocycles. The quantitative estimate of drug-likeness (QED) is 0.640. The van der Waals surface area contributed by atoms with E-state index in [9.17, 15) is 14.4 Å². The van der Waals surface area contributed by atoms with Crippen molar-refractivity contribution in [3.8, 4) is 0 Å². The molecular formula is C23H30N4O3. The largest absolute Gasteiger partial charge is 0.322 e. The number of piperidine rings is 2. The van der Waals surface area contributed by atoms with Gasteiger partial charge in [-0.3, -0.25) is 19.7 Å². The van der Waals surface area contributed by atoms with Crippen LogP contribution in [0.1, 0.15) is 66.4 Å². The molecular weight excluding hydrogens is 380 g/mol. The number of carbonyl (C=O) groups excluding carboxylic acids is 3. The van der Waals surface area contributed by atoms with E-state index in [0.29, 0.717) is 30.0 Å². The molecule has 4 aliphatic rings. The fourth-order valence-corrected chi connectivity index (χ4v) is 5.56. The summed E-state index contributed by atoms with van der Waals surface area (Å²) in [6, 6.07) is 5.49. The van der Waals surface area contributed by atoms with Crippen molar-refractivity contribution < 1.29 is 14.4 Å². The van der Waals surface area contributed by atoms with Gasteiger partial charge in [0.2, 0.25) is 11.8 Å². The topological polar surface area (TPSA) is 90.5 Å². The summed E-state index contributed by atoms with van der Waals surface area (Å²) in [5.74, 6) is -0.0106. The van der Waals surface area contributed by atoms with Crippen LogP contribution in [0.5, 0.6) is 0 Å². The molecule has 0 aromatic heterocycles. The van der Waals surface area contributed by atoms with Crippen LogP contribution in [0.25, 0.3) is 0 Å². The third-order valence-electron chi connectivity index (χ3n) is 7.40. The molecule has 2 unspecified atom stereocenters. The van der Waals surface area contributed by atoms with Gasteiger partial charge in [-0.2, -0.15) is 0 Å². The van der Waals surface area contributed by atoms with Crippen LogP contribution in [-0.4, -0.2) is 47.3 Å². The van der Waals surface area contributed by atoms with E-state index < -0.39 is 6.04 Å². The van der Waals surface area contributed by atoms with Crippen LogP contribution in [0.3, 0.4) is 0 Å². The molecule has 160 valence electrons. The first kappa shape index (κ1) is 19.7. The summed E-state index contributed by atoms with van der Waals surface area (Å²) in [7, 11) is 0. The highest BCUT2D eigenvalue weighted by atomic mass is 16.2. The van der Waals surface area contributed by atoms with Gasteiger partial charge in [0.05, 0.1) is 0 Å². The zero-order valence-corrected chi connectivity index (χ0v) is 17.3. The third-order valence-corrected chi connectivity index (χ3v) is 7.40. The minimum Gasteiger partial charge on any atom is -0.322 e. The van der Waals surface area contributed by atoms with Crippen molar-refractivity contribution in [2.24, 2.45) is 5.92 Å². The van der Waals surface area contributed by atoms with Gasteiger partial charge in [0.15, 0.2) is 0 Å². The lowest BCUT2D eigenvalue weighted by Gasteiger charge is -2.48. The molecule has 3 fully saturated rings. The Kier molecular flexibility index (Phi) is 5.11. The lowest BCUT2D eigenvalue weighted by molar-refractivity contribution is -0.136. The molecule has 1 saturated carbocycles. The van der Waals surface area contributed by atoms with Crippen LogP contribution in [0.15, 0.2) is 18.2 Å². The maximum Gasteiger partial charge on any atom is 0.255 e. The van der Waals surface area contributed by atoms with Gasteiger partial charge in [-0.05, 0) is 74.7 Å². The van der Waals surface area contributed by atoms with Crippen molar-refractivity contribution in [3.05, 3.63) is 34.9 Å². The predicted molar refractivity (Wildman–Crippen MR) is 112 cm³/mol. The first-order valence-electron chi connectivity index (χ1n) is 11.3. The molecule has 3 amide bonds. The Labute approximate surface area is 177 Å². The van der Waals surface area contributed by atoms with Crippen molar-refractivity contribution in [2.45, 2.75) is 69.6 Å². The Morgan fingerprint density at radius 1 is 1.17 bits per heavy atom. The molecule has 2 atom stereocenters. The maximum absolute atomic E-state index is 12.9. The Bertz CT molecular complexity index is 879. The van der Waals surface area contributed by atoms with Crippen LogP contribution < -0.4 is 16.0 Å². The first-order chi connectivity index (χ1) is 14.5. The number of rotatable bonds is 5. The van der Waals surface area contributed by atoms with E-state index in [2.05, 4.69) is 22.0 Å². The van der Waals surface area contributed by atoms with Crippen molar-refractivity contribution in [1.82, 2.24) is 20.9 Å². The monoisotopic (exact) mass is 410 g/mol. The lowest BCUT2D eigenvalue weighted by atomic mass is 9.68. The second-order valence-corrected chi connectivity index (χ2v) is 9.44. The van der Waals surface area contributed by atoms with E-state index in [1.807, 2.05) is 12.1 Å². The van der Waals surface area contributed by atoms with Gasteiger partial charge in [-0.25, -0.2) is 0 Å². The van der Waals surface area contributed by atoms with Gasteiger partial charge in [0.25, 0.3) is 5.91 Å². The van der Waals surface area contributed by atoms with Crippen molar-refractivity contribution in [3.63, 3.8) is 0 Å². The zero-order chi connectivity index (χ0) is 20.7. The molecule has 30 heavy (non-hydrogen) atoms. The van der Waals surface area contributed by atoms with E-state index in [4.69, 9.17) is 0 Å². The molecule has 0 radical (unpaired) electrons. The first-order valence-corrected chi connectivity index (χ1v) is 11.3. The number of amides is 3. The molecule has 1 aromatic rings. The minimum atomic E-state index is -0.553. The molecule has 2 saturated heterocycles. The van der Waals surface area contributed by atoms with Crippen molar-refractivity contribution >= 4 is 17.7 Å². The van der Waals surface area contributed by atoms with Crippen LogP contribution in [-0.2, 0) is 22.7 Å². The predicted octanol–water partition coefficient (Wildman–Crippen LogP) is 1.46. The highest BCUT2D eigenvalue weighted by molar-refractivity contribution is 6.05. The Morgan fingerprint density at radius 3 is 2.80 bits per heavy atom. The summed E-state index contributed by atoms with van der Waals surface area (Å²) >= 11 is 0. The molecule has 1 spiro atoms. The second kappa shape index (κ2) is 7.78. The molecule has 0 bridgehead atoms. The number of nitrogens with zero attached hydrogens (tertiary/aromatic N) is 1.